The molecule has 110 valence electrons. The molecule has 1 spiro atoms. The number of carbonyl (C=O) groups excluding carboxylic acids is 1. The van der Waals surface area contributed by atoms with Gasteiger partial charge < -0.3 is 9.64 Å². The Labute approximate surface area is 119 Å². The van der Waals surface area contributed by atoms with E-state index in [9.17, 15) is 4.79 Å². The first-order valence-corrected chi connectivity index (χ1v) is 7.47. The van der Waals surface area contributed by atoms with Crippen LogP contribution in [0.25, 0.3) is 0 Å². The highest BCUT2D eigenvalue weighted by molar-refractivity contribution is 5.74. The van der Waals surface area contributed by atoms with Crippen LogP contribution in [-0.4, -0.2) is 32.7 Å². The maximum Gasteiger partial charge on any atom is 0.220 e. The van der Waals surface area contributed by atoms with Crippen molar-refractivity contribution in [3.05, 3.63) is 11.3 Å². The summed E-state index contributed by atoms with van der Waals surface area (Å²) >= 11 is 0. The van der Waals surface area contributed by atoms with E-state index < -0.39 is 0 Å². The average molecular weight is 277 g/mol. The molecule has 0 atom stereocenters. The third-order valence-corrected chi connectivity index (χ3v) is 4.82. The summed E-state index contributed by atoms with van der Waals surface area (Å²) in [6.45, 7) is 4.88. The highest BCUT2D eigenvalue weighted by Crippen LogP contribution is 2.39. The lowest BCUT2D eigenvalue weighted by Crippen LogP contribution is -2.54. The summed E-state index contributed by atoms with van der Waals surface area (Å²) < 4.78 is 7.88. The van der Waals surface area contributed by atoms with E-state index in [1.54, 1.807) is 11.6 Å². The van der Waals surface area contributed by atoms with Gasteiger partial charge in [0.25, 0.3) is 0 Å². The van der Waals surface area contributed by atoms with Crippen LogP contribution in [0.15, 0.2) is 0 Å². The van der Waals surface area contributed by atoms with Gasteiger partial charge in [0, 0.05) is 14.0 Å². The molecule has 3 rings (SSSR count). The second-order valence-electron chi connectivity index (χ2n) is 6.17. The van der Waals surface area contributed by atoms with E-state index in [0.29, 0.717) is 13.2 Å². The lowest BCUT2D eigenvalue weighted by atomic mass is 9.80. The van der Waals surface area contributed by atoms with E-state index in [0.717, 1.165) is 30.0 Å². The molecule has 0 saturated heterocycles. The zero-order valence-electron chi connectivity index (χ0n) is 12.6. The highest BCUT2D eigenvalue weighted by atomic mass is 16.5. The van der Waals surface area contributed by atoms with Gasteiger partial charge in [0.05, 0.1) is 23.3 Å². The van der Waals surface area contributed by atoms with Crippen LogP contribution < -0.4 is 4.74 Å². The molecule has 0 radical (unpaired) electrons. The molecule has 20 heavy (non-hydrogen) atoms. The van der Waals surface area contributed by atoms with Crippen LogP contribution in [0, 0.1) is 6.92 Å². The fourth-order valence-corrected chi connectivity index (χ4v) is 3.72. The van der Waals surface area contributed by atoms with Crippen molar-refractivity contribution in [2.24, 2.45) is 7.05 Å². The summed E-state index contributed by atoms with van der Waals surface area (Å²) in [4.78, 5) is 14.2. The SMILES string of the molecule is CC(=O)N1Cc2c(C)nn(C)c2OCC12CCCCC2. The van der Waals surface area contributed by atoms with Crippen LogP contribution in [0.5, 0.6) is 5.88 Å². The van der Waals surface area contributed by atoms with Crippen LogP contribution >= 0.6 is 0 Å². The fraction of sp³-hybridized carbons (Fsp3) is 0.733. The molecule has 1 saturated carbocycles. The monoisotopic (exact) mass is 277 g/mol. The summed E-state index contributed by atoms with van der Waals surface area (Å²) in [5, 5.41) is 4.42. The molecular formula is C15H23N3O2. The molecule has 1 fully saturated rings. The number of amides is 1. The number of aromatic nitrogens is 2. The molecule has 0 N–H and O–H groups in total. The van der Waals surface area contributed by atoms with Crippen molar-refractivity contribution in [3.8, 4) is 5.88 Å². The molecular weight excluding hydrogens is 254 g/mol. The second kappa shape index (κ2) is 4.79. The number of nitrogens with zero attached hydrogens (tertiary/aromatic N) is 3. The van der Waals surface area contributed by atoms with Gasteiger partial charge >= 0.3 is 0 Å². The lowest BCUT2D eigenvalue weighted by molar-refractivity contribution is -0.139. The Hall–Kier alpha value is -1.52. The van der Waals surface area contributed by atoms with Crippen molar-refractivity contribution in [1.29, 1.82) is 0 Å². The smallest absolute Gasteiger partial charge is 0.220 e. The summed E-state index contributed by atoms with van der Waals surface area (Å²) in [6, 6.07) is 0. The maximum absolute atomic E-state index is 12.2. The number of hydrogen-bond donors (Lipinski definition) is 0. The molecule has 0 unspecified atom stereocenters. The number of hydrogen-bond acceptors (Lipinski definition) is 3. The number of rotatable bonds is 0. The lowest BCUT2D eigenvalue weighted by Gasteiger charge is -2.44. The van der Waals surface area contributed by atoms with Gasteiger partial charge in [0.2, 0.25) is 11.8 Å². The molecule has 5 nitrogen and oxygen atoms in total. The van der Waals surface area contributed by atoms with Gasteiger partial charge in [-0.15, -0.1) is 0 Å². The Morgan fingerprint density at radius 3 is 2.65 bits per heavy atom. The fourth-order valence-electron chi connectivity index (χ4n) is 3.72. The van der Waals surface area contributed by atoms with Crippen molar-refractivity contribution >= 4 is 5.91 Å². The molecule has 1 aliphatic carbocycles. The Morgan fingerprint density at radius 2 is 2.00 bits per heavy atom. The largest absolute Gasteiger partial charge is 0.475 e. The number of carbonyl (C=O) groups is 1. The van der Waals surface area contributed by atoms with Gasteiger partial charge in [-0.05, 0) is 19.8 Å². The molecule has 2 aliphatic rings. The minimum Gasteiger partial charge on any atom is -0.475 e. The van der Waals surface area contributed by atoms with Gasteiger partial charge in [0.15, 0.2) is 0 Å². The van der Waals surface area contributed by atoms with E-state index in [4.69, 9.17) is 4.74 Å². The number of fused-ring (bicyclic) bond motifs is 1. The molecule has 1 amide bonds. The first-order chi connectivity index (χ1) is 9.53. The zero-order valence-corrected chi connectivity index (χ0v) is 12.6. The summed E-state index contributed by atoms with van der Waals surface area (Å²) in [5.41, 5.74) is 1.90. The van der Waals surface area contributed by atoms with Crippen molar-refractivity contribution in [3.63, 3.8) is 0 Å². The third kappa shape index (κ3) is 2.00. The first kappa shape index (κ1) is 13.5. The summed E-state index contributed by atoms with van der Waals surface area (Å²) in [7, 11) is 1.91. The Bertz CT molecular complexity index is 529. The van der Waals surface area contributed by atoms with E-state index in [1.807, 2.05) is 18.9 Å². The molecule has 5 heteroatoms. The van der Waals surface area contributed by atoms with Crippen LogP contribution in [0.3, 0.4) is 0 Å². The van der Waals surface area contributed by atoms with Gasteiger partial charge in [-0.3, -0.25) is 4.79 Å². The Morgan fingerprint density at radius 1 is 1.30 bits per heavy atom. The van der Waals surface area contributed by atoms with E-state index in [-0.39, 0.29) is 11.4 Å². The molecule has 1 aromatic rings. The van der Waals surface area contributed by atoms with Crippen LogP contribution in [0.1, 0.15) is 50.3 Å². The van der Waals surface area contributed by atoms with Crippen molar-refractivity contribution in [2.75, 3.05) is 6.61 Å². The van der Waals surface area contributed by atoms with Gasteiger partial charge in [-0.25, -0.2) is 4.68 Å². The average Bonchev–Trinajstić information content (AvgIpc) is 2.58. The summed E-state index contributed by atoms with van der Waals surface area (Å²) in [6.07, 6.45) is 5.72. The predicted molar refractivity (Wildman–Crippen MR) is 75.5 cm³/mol. The highest BCUT2D eigenvalue weighted by Gasteiger charge is 2.43. The van der Waals surface area contributed by atoms with Gasteiger partial charge in [0.1, 0.15) is 6.61 Å². The standard InChI is InChI=1S/C15H23N3O2/c1-11-13-9-18(12(2)19)15(7-5-4-6-8-15)10-20-14(13)17(3)16-11/h4-10H2,1-3H3. The second-order valence-corrected chi connectivity index (χ2v) is 6.17. The zero-order chi connectivity index (χ0) is 14.3. The molecule has 0 aromatic carbocycles. The van der Waals surface area contributed by atoms with Crippen molar-refractivity contribution in [1.82, 2.24) is 14.7 Å². The minimum absolute atomic E-state index is 0.116. The van der Waals surface area contributed by atoms with Gasteiger partial charge in [-0.2, -0.15) is 5.10 Å². The van der Waals surface area contributed by atoms with E-state index >= 15 is 0 Å². The molecule has 1 aromatic heterocycles. The van der Waals surface area contributed by atoms with E-state index in [2.05, 4.69) is 5.10 Å². The third-order valence-electron chi connectivity index (χ3n) is 4.82. The quantitative estimate of drug-likeness (QED) is 0.730. The molecule has 2 heterocycles. The molecule has 0 bridgehead atoms. The predicted octanol–water partition coefficient (Wildman–Crippen LogP) is 2.17. The number of ether oxygens (including phenoxy) is 1. The van der Waals surface area contributed by atoms with Gasteiger partial charge in [-0.1, -0.05) is 19.3 Å². The van der Waals surface area contributed by atoms with Crippen LogP contribution in [0.2, 0.25) is 0 Å². The Balaban J connectivity index is 2.01. The minimum atomic E-state index is -0.116. The van der Waals surface area contributed by atoms with E-state index in [1.165, 1.54) is 19.3 Å². The first-order valence-electron chi connectivity index (χ1n) is 7.47. The van der Waals surface area contributed by atoms with Crippen LogP contribution in [-0.2, 0) is 18.4 Å². The topological polar surface area (TPSA) is 47.4 Å². The van der Waals surface area contributed by atoms with Crippen molar-refractivity contribution in [2.45, 2.75) is 58.0 Å². The summed E-state index contributed by atoms with van der Waals surface area (Å²) in [5.74, 6) is 0.975. The number of aryl methyl sites for hydroxylation is 2. The molecule has 1 aliphatic heterocycles. The maximum atomic E-state index is 12.2. The van der Waals surface area contributed by atoms with Crippen LogP contribution in [0.4, 0.5) is 0 Å². The Kier molecular flexibility index (Phi) is 3.22. The van der Waals surface area contributed by atoms with Crippen molar-refractivity contribution < 1.29 is 9.53 Å². The normalized spacial score (nSPS) is 21.2.